The maximum Gasteiger partial charge on any atom is 0.0513 e. The predicted molar refractivity (Wildman–Crippen MR) is 155 cm³/mol. The normalized spacial score (nSPS) is 13.0. The summed E-state index contributed by atoms with van der Waals surface area (Å²) in [5, 5.41) is 0. The summed E-state index contributed by atoms with van der Waals surface area (Å²) in [6.45, 7) is 5.13. The summed E-state index contributed by atoms with van der Waals surface area (Å²) in [5.41, 5.74) is -2.86. The average molecular weight is 587 g/mol. The van der Waals surface area contributed by atoms with E-state index in [2.05, 4.69) is 13.8 Å². The zero-order valence-corrected chi connectivity index (χ0v) is 28.7. The van der Waals surface area contributed by atoms with E-state index in [0.717, 1.165) is 18.6 Å². The van der Waals surface area contributed by atoms with Gasteiger partial charge in [0.2, 0.25) is 0 Å². The second kappa shape index (κ2) is 30.8. The van der Waals surface area contributed by atoms with Gasteiger partial charge in [-0.1, -0.05) is 167 Å². The summed E-state index contributed by atoms with van der Waals surface area (Å²) in [5.74, 6) is 0.886. The van der Waals surface area contributed by atoms with Crippen LogP contribution in [-0.4, -0.2) is 12.4 Å². The van der Waals surface area contributed by atoms with Gasteiger partial charge in [-0.3, -0.25) is 0 Å². The molecule has 0 aliphatic rings. The summed E-state index contributed by atoms with van der Waals surface area (Å²) in [4.78, 5) is 12.4. The van der Waals surface area contributed by atoms with Crippen LogP contribution in [0, 0.1) is 0 Å². The first kappa shape index (κ1) is 37.7. The van der Waals surface area contributed by atoms with Gasteiger partial charge in [-0.2, -0.15) is 0 Å². The van der Waals surface area contributed by atoms with Crippen molar-refractivity contribution in [1.82, 2.24) is 0 Å². The van der Waals surface area contributed by atoms with Crippen molar-refractivity contribution in [3.8, 4) is 0 Å². The summed E-state index contributed by atoms with van der Waals surface area (Å²) in [6, 6.07) is 0. The molecule has 0 heterocycles. The molecule has 1 atom stereocenters. The molecule has 0 rings (SSSR count). The Bertz CT molecular complexity index is 393. The molecule has 6 heteroatoms. The Labute approximate surface area is 237 Å². The van der Waals surface area contributed by atoms with Gasteiger partial charge in [-0.25, -0.2) is 0 Å². The van der Waals surface area contributed by atoms with Crippen molar-refractivity contribution in [3.05, 3.63) is 0 Å². The van der Waals surface area contributed by atoms with Crippen molar-refractivity contribution in [2.75, 3.05) is 12.4 Å². The molecule has 202 valence electrons. The van der Waals surface area contributed by atoms with E-state index in [1.165, 1.54) is 153 Å². The minimum atomic E-state index is -2.86. The van der Waals surface area contributed by atoms with Crippen molar-refractivity contribution >= 4 is 28.9 Å². The Morgan fingerprint density at radius 2 is 0.824 bits per heavy atom. The fourth-order valence-corrected chi connectivity index (χ4v) is 7.66. The third-order valence-corrected chi connectivity index (χ3v) is 10.9. The van der Waals surface area contributed by atoms with E-state index in [1.807, 2.05) is 0 Å². The first-order chi connectivity index (χ1) is 16.1. The molecule has 34 heavy (non-hydrogen) atoms. The molecule has 0 fully saturated rings. The molecule has 0 aromatic rings. The Hall–Kier alpha value is 1.54. The predicted octanol–water partition coefficient (Wildman–Crippen LogP) is 10.7. The van der Waals surface area contributed by atoms with E-state index < -0.39 is 5.69 Å². The molecule has 0 aliphatic carbocycles. The van der Waals surface area contributed by atoms with Crippen LogP contribution in [-0.2, 0) is 35.8 Å². The first-order valence-corrected chi connectivity index (χ1v) is 19.0. The molecule has 0 saturated carbocycles. The zero-order valence-electron chi connectivity index (χ0n) is 23.2. The molecule has 0 bridgehead atoms. The van der Waals surface area contributed by atoms with E-state index in [4.69, 9.17) is 16.3 Å². The molecule has 0 spiro atoms. The minimum absolute atomic E-state index is 0. The van der Waals surface area contributed by atoms with E-state index in [0.29, 0.717) is 6.61 Å². The van der Waals surface area contributed by atoms with E-state index in [9.17, 15) is 4.89 Å². The minimum Gasteiger partial charge on any atom is -0.793 e. The molecule has 0 radical (unpaired) electrons. The van der Waals surface area contributed by atoms with Crippen LogP contribution in [0.5, 0.6) is 0 Å². The van der Waals surface area contributed by atoms with Gasteiger partial charge in [0.15, 0.2) is 0 Å². The largest absolute Gasteiger partial charge is 0.793 e. The second-order valence-corrected chi connectivity index (χ2v) is 16.1. The van der Waals surface area contributed by atoms with Crippen LogP contribution in [0.1, 0.15) is 168 Å². The first-order valence-electron chi connectivity index (χ1n) is 14.7. The zero-order chi connectivity index (χ0) is 24.3. The maximum atomic E-state index is 12.4. The number of hydrogen-bond acceptors (Lipinski definition) is 4. The number of unbranched alkanes of at least 4 members (excludes halogenated alkanes) is 22. The Morgan fingerprint density at radius 1 is 0.529 bits per heavy atom. The van der Waals surface area contributed by atoms with E-state index in [-0.39, 0.29) is 19.5 Å². The van der Waals surface area contributed by atoms with Crippen molar-refractivity contribution in [3.63, 3.8) is 0 Å². The van der Waals surface area contributed by atoms with Crippen LogP contribution in [0.25, 0.3) is 0 Å². The number of rotatable bonds is 28. The molecule has 0 N–H and O–H groups in total. The fraction of sp³-hybridized carbons (Fsp3) is 1.00. The topological polar surface area (TPSA) is 32.3 Å². The van der Waals surface area contributed by atoms with Gasteiger partial charge >= 0.3 is 0 Å². The van der Waals surface area contributed by atoms with E-state index >= 15 is 0 Å². The summed E-state index contributed by atoms with van der Waals surface area (Å²) in [6.07, 6.45) is 32.1. The van der Waals surface area contributed by atoms with Crippen LogP contribution >= 0.6 is 17.1 Å². The van der Waals surface area contributed by atoms with Crippen molar-refractivity contribution < 1.29 is 28.9 Å². The maximum absolute atomic E-state index is 12.4. The standard InChI is InChI=1S/C28H59O2PS2.Zn/c1-3-5-7-9-11-13-15-17-19-21-23-25-27-30-31(29,32)33-28-26-24-22-20-18-16-14-12-10-8-6-4-2;/h3-28H2,1-2H3,(H,29,32);/p-1. The van der Waals surface area contributed by atoms with Gasteiger partial charge in [-0.05, 0) is 18.6 Å². The molecule has 0 aliphatic heterocycles. The molecule has 0 saturated heterocycles. The molecular formula is C28H58O2PS2Zn-. The van der Waals surface area contributed by atoms with Gasteiger partial charge in [0.25, 0.3) is 0 Å². The quantitative estimate of drug-likeness (QED) is 0.0518. The summed E-state index contributed by atoms with van der Waals surface area (Å²) >= 11 is 6.61. The Morgan fingerprint density at radius 3 is 1.18 bits per heavy atom. The molecule has 1 unspecified atom stereocenters. The van der Waals surface area contributed by atoms with Crippen LogP contribution in [0.4, 0.5) is 0 Å². The van der Waals surface area contributed by atoms with Crippen LogP contribution in [0.2, 0.25) is 0 Å². The Balaban J connectivity index is 0. The SMILES string of the molecule is CCCCCCCCCCCCCCOP([O-])(=S)SCCCCCCCCCCCCCC.[Zn]. The molecule has 2 nitrogen and oxygen atoms in total. The molecule has 0 aromatic heterocycles. The van der Waals surface area contributed by atoms with E-state index in [1.54, 1.807) is 0 Å². The van der Waals surface area contributed by atoms with Gasteiger partial charge in [-0.15, -0.1) is 11.4 Å². The average Bonchev–Trinajstić information content (AvgIpc) is 2.80. The number of hydrogen-bond donors (Lipinski definition) is 0. The molecule has 0 amide bonds. The second-order valence-electron chi connectivity index (χ2n) is 9.89. The van der Waals surface area contributed by atoms with Gasteiger partial charge < -0.3 is 9.42 Å². The van der Waals surface area contributed by atoms with Gasteiger partial charge in [0.05, 0.1) is 6.61 Å². The third kappa shape index (κ3) is 31.6. The van der Waals surface area contributed by atoms with Crippen molar-refractivity contribution in [2.24, 2.45) is 0 Å². The molecule has 0 aromatic carbocycles. The Kier molecular flexibility index (Phi) is 34.1. The van der Waals surface area contributed by atoms with Gasteiger partial charge in [0.1, 0.15) is 0 Å². The van der Waals surface area contributed by atoms with Crippen LogP contribution in [0.3, 0.4) is 0 Å². The smallest absolute Gasteiger partial charge is 0.0513 e. The monoisotopic (exact) mass is 585 g/mol. The summed E-state index contributed by atoms with van der Waals surface area (Å²) in [7, 11) is 0. The van der Waals surface area contributed by atoms with Crippen LogP contribution < -0.4 is 4.89 Å². The third-order valence-electron chi connectivity index (χ3n) is 6.49. The molecular weight excluding hydrogens is 529 g/mol. The van der Waals surface area contributed by atoms with Crippen molar-refractivity contribution in [2.45, 2.75) is 168 Å². The van der Waals surface area contributed by atoms with Crippen molar-refractivity contribution in [1.29, 1.82) is 0 Å². The van der Waals surface area contributed by atoms with Gasteiger partial charge in [0, 0.05) is 25.2 Å². The summed E-state index contributed by atoms with van der Waals surface area (Å²) < 4.78 is 5.56. The fourth-order valence-electron chi connectivity index (χ4n) is 4.28. The van der Waals surface area contributed by atoms with Crippen LogP contribution in [0.15, 0.2) is 0 Å².